The molecule has 0 aromatic heterocycles. The zero-order valence-electron chi connectivity index (χ0n) is 52.8. The minimum Gasteiger partial charge on any atom is -0.462 e. The largest absolute Gasteiger partial charge is 0.462 e. The first-order valence-electron chi connectivity index (χ1n) is 34.2. The molecule has 0 fully saturated rings. The molecule has 1 unspecified atom stereocenters. The van der Waals surface area contributed by atoms with Gasteiger partial charge in [0.2, 0.25) is 0 Å². The Morgan fingerprint density at radius 3 is 0.775 bits per heavy atom. The number of hydrogen-bond donors (Lipinski definition) is 0. The number of hydrogen-bond acceptors (Lipinski definition) is 6. The summed E-state index contributed by atoms with van der Waals surface area (Å²) in [4.78, 5) is 38.4. The molecule has 0 amide bonds. The highest BCUT2D eigenvalue weighted by Gasteiger charge is 2.19. The van der Waals surface area contributed by atoms with Crippen LogP contribution < -0.4 is 0 Å². The highest BCUT2D eigenvalue weighted by molar-refractivity contribution is 5.71. The third kappa shape index (κ3) is 65.1. The predicted molar refractivity (Wildman–Crippen MR) is 348 cm³/mol. The van der Waals surface area contributed by atoms with Gasteiger partial charge in [0.05, 0.1) is 0 Å². The minimum atomic E-state index is -0.796. The van der Waals surface area contributed by atoms with Gasteiger partial charge in [-0.25, -0.2) is 0 Å². The standard InChI is InChI=1S/C74H128O6/c1-4-7-10-13-16-19-22-25-28-31-32-33-34-35-36-37-38-39-40-41-42-44-46-49-52-55-58-61-64-67-73(76)79-70-71(69-78-72(75)66-63-60-57-54-51-48-45-30-27-24-21-18-15-12-9-6-3)80-74(77)68-65-62-59-56-53-50-47-43-29-26-23-20-17-14-11-8-5-2/h8,11,17,20,22,25-26,29-32,34-35,45,47,50,71H,4-7,9-10,12-16,18-19,21,23-24,27-28,33,36-44,46,48-49,51-70H2,1-3H3/b11-8-,20-17-,25-22-,29-26-,32-31-,35-34-,45-30-,50-47-. The van der Waals surface area contributed by atoms with Crippen molar-refractivity contribution in [2.45, 2.75) is 341 Å². The number of allylic oxidation sites excluding steroid dienone is 16. The summed E-state index contributed by atoms with van der Waals surface area (Å²) in [7, 11) is 0. The van der Waals surface area contributed by atoms with Crippen LogP contribution in [-0.4, -0.2) is 37.2 Å². The molecule has 1 atom stereocenters. The van der Waals surface area contributed by atoms with Crippen molar-refractivity contribution in [3.63, 3.8) is 0 Å². The lowest BCUT2D eigenvalue weighted by molar-refractivity contribution is -0.167. The van der Waals surface area contributed by atoms with E-state index in [1.54, 1.807) is 0 Å². The minimum absolute atomic E-state index is 0.0892. The van der Waals surface area contributed by atoms with Gasteiger partial charge in [-0.1, -0.05) is 291 Å². The van der Waals surface area contributed by atoms with Crippen molar-refractivity contribution in [1.29, 1.82) is 0 Å². The van der Waals surface area contributed by atoms with Gasteiger partial charge < -0.3 is 14.2 Å². The van der Waals surface area contributed by atoms with Crippen LogP contribution in [0.3, 0.4) is 0 Å². The first-order chi connectivity index (χ1) is 39.5. The fraction of sp³-hybridized carbons (Fsp3) is 0.743. The van der Waals surface area contributed by atoms with Gasteiger partial charge in [0.1, 0.15) is 13.2 Å². The van der Waals surface area contributed by atoms with Crippen LogP contribution in [0.5, 0.6) is 0 Å². The van der Waals surface area contributed by atoms with Crippen molar-refractivity contribution >= 4 is 17.9 Å². The third-order valence-electron chi connectivity index (χ3n) is 14.8. The van der Waals surface area contributed by atoms with E-state index >= 15 is 0 Å². The normalized spacial score (nSPS) is 12.7. The second-order valence-electron chi connectivity index (χ2n) is 22.7. The van der Waals surface area contributed by atoms with E-state index in [9.17, 15) is 14.4 Å². The molecule has 6 nitrogen and oxygen atoms in total. The molecule has 460 valence electrons. The third-order valence-corrected chi connectivity index (χ3v) is 14.8. The number of carbonyl (C=O) groups excluding carboxylic acids is 3. The summed E-state index contributed by atoms with van der Waals surface area (Å²) in [5.41, 5.74) is 0. The van der Waals surface area contributed by atoms with Crippen molar-refractivity contribution in [1.82, 2.24) is 0 Å². The average Bonchev–Trinajstić information content (AvgIpc) is 3.46. The van der Waals surface area contributed by atoms with Crippen molar-refractivity contribution in [3.8, 4) is 0 Å². The molecule has 0 aromatic carbocycles. The van der Waals surface area contributed by atoms with Crippen LogP contribution in [0.15, 0.2) is 97.2 Å². The van der Waals surface area contributed by atoms with Crippen LogP contribution in [0.4, 0.5) is 0 Å². The number of unbranched alkanes of at least 4 members (excludes halogenated alkanes) is 35. The van der Waals surface area contributed by atoms with E-state index in [4.69, 9.17) is 14.2 Å². The highest BCUT2D eigenvalue weighted by atomic mass is 16.6. The van der Waals surface area contributed by atoms with E-state index in [2.05, 4.69) is 118 Å². The molecule has 0 aliphatic carbocycles. The maximum absolute atomic E-state index is 12.9. The fourth-order valence-corrected chi connectivity index (χ4v) is 9.67. The molecular formula is C74H128O6. The number of esters is 3. The van der Waals surface area contributed by atoms with E-state index in [1.807, 2.05) is 0 Å². The summed E-state index contributed by atoms with van der Waals surface area (Å²) >= 11 is 0. The molecule has 0 bridgehead atoms. The van der Waals surface area contributed by atoms with Crippen molar-refractivity contribution in [2.75, 3.05) is 13.2 Å². The molecule has 0 spiro atoms. The number of carbonyl (C=O) groups is 3. The van der Waals surface area contributed by atoms with Gasteiger partial charge in [-0.15, -0.1) is 0 Å². The van der Waals surface area contributed by atoms with Crippen molar-refractivity contribution < 1.29 is 28.6 Å². The molecule has 0 saturated heterocycles. The molecule has 0 heterocycles. The Morgan fingerprint density at radius 1 is 0.263 bits per heavy atom. The molecule has 0 saturated carbocycles. The molecule has 0 aromatic rings. The Hall–Kier alpha value is -3.67. The van der Waals surface area contributed by atoms with Crippen LogP contribution in [0.1, 0.15) is 335 Å². The molecule has 80 heavy (non-hydrogen) atoms. The lowest BCUT2D eigenvalue weighted by atomic mass is 10.0. The summed E-state index contributed by atoms with van der Waals surface area (Å²) < 4.78 is 16.9. The Morgan fingerprint density at radius 2 is 0.487 bits per heavy atom. The summed E-state index contributed by atoms with van der Waals surface area (Å²) in [6, 6.07) is 0. The molecule has 0 aliphatic heterocycles. The van der Waals surface area contributed by atoms with Gasteiger partial charge in [-0.2, -0.15) is 0 Å². The Balaban J connectivity index is 4.31. The first-order valence-corrected chi connectivity index (χ1v) is 34.2. The van der Waals surface area contributed by atoms with Crippen LogP contribution in [0, 0.1) is 0 Å². The summed E-state index contributed by atoms with van der Waals surface area (Å²) in [5, 5.41) is 0. The second-order valence-corrected chi connectivity index (χ2v) is 22.7. The monoisotopic (exact) mass is 1110 g/mol. The molecular weight excluding hydrogens is 985 g/mol. The Bertz CT molecular complexity index is 1560. The van der Waals surface area contributed by atoms with Crippen LogP contribution in [-0.2, 0) is 28.6 Å². The Kier molecular flexibility index (Phi) is 64.7. The van der Waals surface area contributed by atoms with Gasteiger partial charge in [0.15, 0.2) is 6.10 Å². The predicted octanol–water partition coefficient (Wildman–Crippen LogP) is 23.6. The van der Waals surface area contributed by atoms with Gasteiger partial charge in [0, 0.05) is 19.3 Å². The van der Waals surface area contributed by atoms with Gasteiger partial charge in [0.25, 0.3) is 0 Å². The van der Waals surface area contributed by atoms with E-state index in [0.717, 1.165) is 116 Å². The molecule has 0 radical (unpaired) electrons. The summed E-state index contributed by atoms with van der Waals surface area (Å²) in [6.07, 6.45) is 91.4. The fourth-order valence-electron chi connectivity index (χ4n) is 9.67. The molecule has 6 heteroatoms. The molecule has 0 aliphatic rings. The zero-order valence-corrected chi connectivity index (χ0v) is 52.8. The van der Waals surface area contributed by atoms with E-state index < -0.39 is 6.10 Å². The van der Waals surface area contributed by atoms with E-state index in [0.29, 0.717) is 19.3 Å². The van der Waals surface area contributed by atoms with Crippen molar-refractivity contribution in [2.24, 2.45) is 0 Å². The van der Waals surface area contributed by atoms with E-state index in [1.165, 1.54) is 180 Å². The average molecular weight is 1110 g/mol. The van der Waals surface area contributed by atoms with Crippen LogP contribution in [0.2, 0.25) is 0 Å². The molecule has 0 rings (SSSR count). The SMILES string of the molecule is CC/C=C\C/C=C\C/C=C\C/C=C\CCCCCCC(=O)OC(COC(=O)CCCCCCC/C=C\CCCCCCCCC)COC(=O)CCCCCCCCCCCCCCCC/C=C\C/C=C\C/C=C\CCCCCCC. The van der Waals surface area contributed by atoms with Gasteiger partial charge in [-0.05, 0) is 122 Å². The zero-order chi connectivity index (χ0) is 57.8. The number of rotatable bonds is 62. The van der Waals surface area contributed by atoms with Crippen molar-refractivity contribution in [3.05, 3.63) is 97.2 Å². The van der Waals surface area contributed by atoms with Gasteiger partial charge >= 0.3 is 17.9 Å². The number of ether oxygens (including phenoxy) is 3. The maximum Gasteiger partial charge on any atom is 0.306 e. The topological polar surface area (TPSA) is 78.9 Å². The Labute approximate surface area is 496 Å². The van der Waals surface area contributed by atoms with E-state index in [-0.39, 0.29) is 31.1 Å². The summed E-state index contributed by atoms with van der Waals surface area (Å²) in [6.45, 7) is 6.52. The maximum atomic E-state index is 12.9. The van der Waals surface area contributed by atoms with Crippen LogP contribution in [0.25, 0.3) is 0 Å². The highest BCUT2D eigenvalue weighted by Crippen LogP contribution is 2.16. The second kappa shape index (κ2) is 67.8. The first kappa shape index (κ1) is 76.3. The summed E-state index contributed by atoms with van der Waals surface area (Å²) in [5.74, 6) is -0.910. The van der Waals surface area contributed by atoms with Crippen LogP contribution >= 0.6 is 0 Å². The smallest absolute Gasteiger partial charge is 0.306 e. The van der Waals surface area contributed by atoms with Gasteiger partial charge in [-0.3, -0.25) is 14.4 Å². The molecule has 0 N–H and O–H groups in total. The lowest BCUT2D eigenvalue weighted by Crippen LogP contribution is -2.30. The lowest BCUT2D eigenvalue weighted by Gasteiger charge is -2.18. The quantitative estimate of drug-likeness (QED) is 0.0261.